The number of hydrogen-bond donors (Lipinski definition) is 0. The highest BCUT2D eigenvalue weighted by Gasteiger charge is 2.25. The fraction of sp³-hybridized carbons (Fsp3) is 0.190. The zero-order valence-corrected chi connectivity index (χ0v) is 39.0. The van der Waals surface area contributed by atoms with E-state index in [1.54, 1.807) is 0 Å². The third kappa shape index (κ3) is 8.01. The van der Waals surface area contributed by atoms with Gasteiger partial charge in [-0.3, -0.25) is 4.57 Å². The normalized spacial score (nSPS) is 12.8. The second-order valence-electron chi connectivity index (χ2n) is 19.3. The summed E-state index contributed by atoms with van der Waals surface area (Å²) in [5.41, 5.74) is 12.7. The van der Waals surface area contributed by atoms with Gasteiger partial charge in [-0.15, -0.1) is 0 Å². The standard InChI is InChI=1S/C58H53N7O/c1-37-31-45(32-38(2)39(37)3)64-30-29-63(36-64)44-15-14-16-46(33-44)66-52-35-51-48(47-17-10-11-18-50(47)65(51)53-19-12-13-28-59-53)34-49(52)56-61-54(40-20-24-42(25-21-40)57(4,5)6)60-55(62-56)41-22-26-43(27-23-41)58(7,8)9/h10-35H,1-9H3/q+2. The quantitative estimate of drug-likeness (QED) is 0.142. The number of aryl methyl sites for hydroxylation is 2. The van der Waals surface area contributed by atoms with Gasteiger partial charge in [-0.2, -0.15) is 0 Å². The van der Waals surface area contributed by atoms with E-state index in [1.807, 2.05) is 64.1 Å². The fourth-order valence-corrected chi connectivity index (χ4v) is 8.56. The minimum absolute atomic E-state index is 0.00396. The second-order valence-corrected chi connectivity index (χ2v) is 19.3. The van der Waals surface area contributed by atoms with Crippen molar-refractivity contribution < 1.29 is 13.9 Å². The molecule has 0 unspecified atom stereocenters. The van der Waals surface area contributed by atoms with E-state index < -0.39 is 0 Å². The lowest BCUT2D eigenvalue weighted by Gasteiger charge is -2.19. The van der Waals surface area contributed by atoms with Crippen LogP contribution in [-0.2, 0) is 10.8 Å². The van der Waals surface area contributed by atoms with Gasteiger partial charge in [0.15, 0.2) is 17.5 Å². The Morgan fingerprint density at radius 3 is 1.73 bits per heavy atom. The molecular formula is C58H53N7O+2. The maximum Gasteiger partial charge on any atom is 0.501 e. The van der Waals surface area contributed by atoms with Gasteiger partial charge < -0.3 is 4.74 Å². The molecule has 0 saturated carbocycles. The summed E-state index contributed by atoms with van der Waals surface area (Å²) in [6.45, 7) is 19.8. The summed E-state index contributed by atoms with van der Waals surface area (Å²) in [5.74, 6) is 3.70. The van der Waals surface area contributed by atoms with Crippen LogP contribution in [0.3, 0.4) is 0 Å². The molecule has 0 spiro atoms. The summed E-state index contributed by atoms with van der Waals surface area (Å²) < 4.78 is 13.3. The van der Waals surface area contributed by atoms with Crippen LogP contribution >= 0.6 is 0 Å². The van der Waals surface area contributed by atoms with Crippen LogP contribution in [-0.4, -0.2) is 39.7 Å². The number of fused-ring (bicyclic) bond motifs is 3. The van der Waals surface area contributed by atoms with Gasteiger partial charge in [0.1, 0.15) is 17.3 Å². The van der Waals surface area contributed by atoms with Crippen molar-refractivity contribution in [3.63, 3.8) is 0 Å². The molecule has 0 saturated heterocycles. The molecule has 6 aromatic carbocycles. The molecule has 4 heterocycles. The summed E-state index contributed by atoms with van der Waals surface area (Å²) in [6.07, 6.45) is 5.87. The van der Waals surface area contributed by atoms with Gasteiger partial charge in [0.05, 0.1) is 22.7 Å². The van der Waals surface area contributed by atoms with E-state index in [9.17, 15) is 0 Å². The largest absolute Gasteiger partial charge is 0.501 e. The van der Waals surface area contributed by atoms with Gasteiger partial charge in [-0.25, -0.2) is 19.9 Å². The Labute approximate surface area is 386 Å². The first-order valence-corrected chi connectivity index (χ1v) is 22.5. The van der Waals surface area contributed by atoms with Crippen molar-refractivity contribution in [1.82, 2.24) is 24.5 Å². The van der Waals surface area contributed by atoms with E-state index in [4.69, 9.17) is 24.7 Å². The molecule has 324 valence electrons. The molecule has 0 bridgehead atoms. The summed E-state index contributed by atoms with van der Waals surface area (Å²) in [6, 6.07) is 51.8. The Hall–Kier alpha value is -7.80. The number of hydrogen-bond acceptors (Lipinski definition) is 5. The second kappa shape index (κ2) is 16.3. The first-order chi connectivity index (χ1) is 31.7. The van der Waals surface area contributed by atoms with Crippen LogP contribution in [0.25, 0.3) is 61.8 Å². The first kappa shape index (κ1) is 42.2. The molecule has 0 amide bonds. The van der Waals surface area contributed by atoms with Crippen LogP contribution in [0, 0.1) is 20.8 Å². The number of nitrogens with zero attached hydrogens (tertiary/aromatic N) is 7. The number of benzene rings is 6. The van der Waals surface area contributed by atoms with Crippen molar-refractivity contribution in [3.8, 4) is 51.5 Å². The fourth-order valence-electron chi connectivity index (χ4n) is 8.56. The molecule has 9 aromatic rings. The van der Waals surface area contributed by atoms with E-state index in [2.05, 4.69) is 176 Å². The first-order valence-electron chi connectivity index (χ1n) is 22.5. The lowest BCUT2D eigenvalue weighted by molar-refractivity contribution is -0.387. The van der Waals surface area contributed by atoms with Crippen molar-refractivity contribution >= 4 is 39.2 Å². The number of para-hydroxylation sites is 1. The van der Waals surface area contributed by atoms with E-state index in [0.717, 1.165) is 55.7 Å². The molecule has 66 heavy (non-hydrogen) atoms. The lowest BCUT2D eigenvalue weighted by Crippen LogP contribution is -2.11. The summed E-state index contributed by atoms with van der Waals surface area (Å²) in [7, 11) is 0. The average molecular weight is 864 g/mol. The van der Waals surface area contributed by atoms with Crippen LogP contribution in [0.1, 0.15) is 69.4 Å². The smallest absolute Gasteiger partial charge is 0.456 e. The van der Waals surface area contributed by atoms with Crippen LogP contribution in [0.15, 0.2) is 158 Å². The molecule has 0 aliphatic carbocycles. The van der Waals surface area contributed by atoms with Crippen molar-refractivity contribution in [2.24, 2.45) is 0 Å². The zero-order chi connectivity index (χ0) is 45.9. The molecule has 0 atom stereocenters. The van der Waals surface area contributed by atoms with Gasteiger partial charge >= 0.3 is 6.01 Å². The van der Waals surface area contributed by atoms with Crippen LogP contribution in [0.2, 0.25) is 0 Å². The van der Waals surface area contributed by atoms with Gasteiger partial charge in [0.25, 0.3) is 12.4 Å². The van der Waals surface area contributed by atoms with Crippen molar-refractivity contribution in [2.75, 3.05) is 0 Å². The van der Waals surface area contributed by atoms with Crippen LogP contribution < -0.4 is 4.74 Å². The number of ether oxygens (including phenoxy) is 1. The monoisotopic (exact) mass is 863 g/mol. The van der Waals surface area contributed by atoms with Crippen molar-refractivity contribution in [3.05, 3.63) is 186 Å². The third-order valence-electron chi connectivity index (χ3n) is 12.6. The third-order valence-corrected chi connectivity index (χ3v) is 12.6. The highest BCUT2D eigenvalue weighted by atomic mass is 16.5. The van der Waals surface area contributed by atoms with Gasteiger partial charge in [-0.05, 0) is 89.8 Å². The molecule has 1 aliphatic heterocycles. The molecule has 10 rings (SSSR count). The number of rotatable bonds is 8. The molecule has 8 heteroatoms. The molecular weight excluding hydrogens is 811 g/mol. The molecule has 0 radical (unpaired) electrons. The number of pyridine rings is 1. The van der Waals surface area contributed by atoms with E-state index in [-0.39, 0.29) is 10.8 Å². The maximum atomic E-state index is 7.09. The molecule has 0 fully saturated rings. The highest BCUT2D eigenvalue weighted by Crippen LogP contribution is 2.42. The molecule has 1 aliphatic rings. The van der Waals surface area contributed by atoms with Gasteiger partial charge in [-0.1, -0.05) is 130 Å². The Kier molecular flexibility index (Phi) is 10.4. The topological polar surface area (TPSA) is 71.7 Å². The van der Waals surface area contributed by atoms with Gasteiger partial charge in [0.2, 0.25) is 11.4 Å². The molecule has 0 N–H and O–H groups in total. The molecule has 3 aromatic heterocycles. The minimum Gasteiger partial charge on any atom is -0.456 e. The lowest BCUT2D eigenvalue weighted by atomic mass is 9.86. The zero-order valence-electron chi connectivity index (χ0n) is 39.0. The van der Waals surface area contributed by atoms with Crippen LogP contribution in [0.4, 0.5) is 11.4 Å². The van der Waals surface area contributed by atoms with Gasteiger partial charge in [0, 0.05) is 52.4 Å². The summed E-state index contributed by atoms with van der Waals surface area (Å²) in [4.78, 5) is 20.5. The van der Waals surface area contributed by atoms with E-state index in [1.165, 1.54) is 27.8 Å². The average Bonchev–Trinajstić information content (AvgIpc) is 3.94. The predicted octanol–water partition coefficient (Wildman–Crippen LogP) is 14.3. The Bertz CT molecular complexity index is 3350. The number of aromatic nitrogens is 5. The summed E-state index contributed by atoms with van der Waals surface area (Å²) >= 11 is 0. The predicted molar refractivity (Wildman–Crippen MR) is 267 cm³/mol. The SMILES string of the molecule is Cc1cc([N+]2=C=[N+](c3cccc(Oc4cc5c(cc4-c4nc(-c6ccc(C(C)(C)C)cc6)nc(-c6ccc(C(C)(C)C)cc6)n4)c4ccccc4n5-c4ccccn4)c3)C=C2)cc(C)c1C. The van der Waals surface area contributed by atoms with E-state index in [0.29, 0.717) is 29.0 Å². The Morgan fingerprint density at radius 1 is 0.530 bits per heavy atom. The Balaban J connectivity index is 1.17. The summed E-state index contributed by atoms with van der Waals surface area (Å²) in [5, 5.41) is 2.10. The minimum atomic E-state index is -0.00396. The molecule has 8 nitrogen and oxygen atoms in total. The van der Waals surface area contributed by atoms with E-state index >= 15 is 0 Å². The van der Waals surface area contributed by atoms with Crippen molar-refractivity contribution in [1.29, 1.82) is 0 Å². The maximum absolute atomic E-state index is 7.09. The van der Waals surface area contributed by atoms with Crippen molar-refractivity contribution in [2.45, 2.75) is 73.1 Å². The van der Waals surface area contributed by atoms with Crippen LogP contribution in [0.5, 0.6) is 11.5 Å². The Morgan fingerprint density at radius 2 is 1.12 bits per heavy atom. The highest BCUT2D eigenvalue weighted by molar-refractivity contribution is 6.11.